The van der Waals surface area contributed by atoms with Crippen LogP contribution in [0.3, 0.4) is 0 Å². The molecule has 2 aliphatic heterocycles. The van der Waals surface area contributed by atoms with Crippen LogP contribution < -0.4 is 20.7 Å². The molecule has 0 spiro atoms. The largest absolute Gasteiger partial charge is 0.384 e. The van der Waals surface area contributed by atoms with E-state index in [-0.39, 0.29) is 10.2 Å². The van der Waals surface area contributed by atoms with Gasteiger partial charge in [0.15, 0.2) is 5.17 Å². The fraction of sp³-hybridized carbons (Fsp3) is 0.611. The van der Waals surface area contributed by atoms with Gasteiger partial charge >= 0.3 is 0 Å². The standard InChI is InChI=1S/C18H27ClFN5O2S2/c19-14-10-17(29(26,27)25-18-24-8-9-28-18)15(20)11-16(14)23-6-2-1-5-21-12-13-4-3-7-22-13/h10-11,13,21-23H,1-9,12H2,(H,24,25)/t13-/m1/s1. The number of amidine groups is 1. The van der Waals surface area contributed by atoms with Crippen LogP contribution in [0.5, 0.6) is 0 Å². The summed E-state index contributed by atoms with van der Waals surface area (Å²) in [5.74, 6) is -0.143. The maximum atomic E-state index is 14.4. The van der Waals surface area contributed by atoms with Gasteiger partial charge in [-0.1, -0.05) is 23.4 Å². The smallest absolute Gasteiger partial charge is 0.266 e. The minimum atomic E-state index is -4.06. The van der Waals surface area contributed by atoms with Crippen LogP contribution in [0.15, 0.2) is 22.0 Å². The third-order valence-corrected chi connectivity index (χ3v) is 7.45. The molecular weight excluding hydrogens is 437 g/mol. The van der Waals surface area contributed by atoms with Crippen LogP contribution >= 0.6 is 23.4 Å². The van der Waals surface area contributed by atoms with Gasteiger partial charge in [0, 0.05) is 24.9 Å². The normalized spacial score (nSPS) is 19.4. The summed E-state index contributed by atoms with van der Waals surface area (Å²) in [5.41, 5.74) is 0.388. The molecule has 2 heterocycles. The summed E-state index contributed by atoms with van der Waals surface area (Å²) < 4.78 is 41.5. The zero-order chi connectivity index (χ0) is 20.7. The van der Waals surface area contributed by atoms with E-state index in [4.69, 9.17) is 11.6 Å². The molecule has 7 nitrogen and oxygen atoms in total. The Labute approximate surface area is 180 Å². The number of benzene rings is 1. The molecule has 4 N–H and O–H groups in total. The highest BCUT2D eigenvalue weighted by Crippen LogP contribution is 2.28. The van der Waals surface area contributed by atoms with Crippen molar-refractivity contribution in [3.05, 3.63) is 23.0 Å². The van der Waals surface area contributed by atoms with Gasteiger partial charge in [-0.3, -0.25) is 9.71 Å². The number of aliphatic imine (C=N–C) groups is 1. The van der Waals surface area contributed by atoms with Gasteiger partial charge in [-0.15, -0.1) is 0 Å². The number of rotatable bonds is 10. The van der Waals surface area contributed by atoms with Gasteiger partial charge in [-0.05, 0) is 50.9 Å². The average molecular weight is 464 g/mol. The number of hydrogen-bond donors (Lipinski definition) is 4. The zero-order valence-electron chi connectivity index (χ0n) is 16.1. The number of unbranched alkanes of at least 4 members (excludes halogenated alkanes) is 1. The van der Waals surface area contributed by atoms with Crippen LogP contribution in [-0.4, -0.2) is 58.1 Å². The van der Waals surface area contributed by atoms with E-state index in [1.54, 1.807) is 0 Å². The first-order valence-corrected chi connectivity index (χ1v) is 12.7. The van der Waals surface area contributed by atoms with Gasteiger partial charge < -0.3 is 16.0 Å². The Bertz CT molecular complexity index is 832. The number of hydrogen-bond acceptors (Lipinski definition) is 7. The van der Waals surface area contributed by atoms with Crippen molar-refractivity contribution < 1.29 is 12.8 Å². The molecule has 1 fully saturated rings. The fourth-order valence-corrected chi connectivity index (χ4v) is 5.65. The van der Waals surface area contributed by atoms with E-state index >= 15 is 0 Å². The van der Waals surface area contributed by atoms with Crippen molar-refractivity contribution in [2.24, 2.45) is 4.99 Å². The molecule has 1 saturated heterocycles. The molecule has 0 saturated carbocycles. The minimum absolute atomic E-state index is 0.165. The van der Waals surface area contributed by atoms with E-state index in [0.717, 1.165) is 44.6 Å². The van der Waals surface area contributed by atoms with Gasteiger partial charge in [-0.2, -0.15) is 0 Å². The van der Waals surface area contributed by atoms with Crippen LogP contribution in [0.2, 0.25) is 5.02 Å². The molecule has 0 bridgehead atoms. The summed E-state index contributed by atoms with van der Waals surface area (Å²) >= 11 is 7.47. The Kier molecular flexibility index (Phi) is 8.43. The Hall–Kier alpha value is -1.07. The van der Waals surface area contributed by atoms with Crippen LogP contribution in [0.4, 0.5) is 10.1 Å². The summed E-state index contributed by atoms with van der Waals surface area (Å²) in [7, 11) is -4.06. The van der Waals surface area contributed by atoms with Gasteiger partial charge in [0.05, 0.1) is 17.3 Å². The molecule has 2 aliphatic rings. The third kappa shape index (κ3) is 6.71. The van der Waals surface area contributed by atoms with Crippen LogP contribution in [0.1, 0.15) is 25.7 Å². The number of sulfonamides is 1. The van der Waals surface area contributed by atoms with Crippen molar-refractivity contribution in [1.82, 2.24) is 15.4 Å². The Morgan fingerprint density at radius 2 is 2.14 bits per heavy atom. The van der Waals surface area contributed by atoms with Crippen molar-refractivity contribution in [2.45, 2.75) is 36.6 Å². The molecule has 11 heteroatoms. The maximum Gasteiger partial charge on any atom is 0.266 e. The van der Waals surface area contributed by atoms with Crippen LogP contribution in [0, 0.1) is 5.82 Å². The number of nitrogens with one attached hydrogen (secondary N) is 4. The number of nitrogens with zero attached hydrogens (tertiary/aromatic N) is 1. The maximum absolute atomic E-state index is 14.4. The lowest BCUT2D eigenvalue weighted by Crippen LogP contribution is -2.34. The molecule has 29 heavy (non-hydrogen) atoms. The van der Waals surface area contributed by atoms with Crippen LogP contribution in [0.25, 0.3) is 0 Å². The van der Waals surface area contributed by atoms with Crippen molar-refractivity contribution in [3.8, 4) is 0 Å². The number of anilines is 1. The quantitative estimate of drug-likeness (QED) is 0.398. The summed E-state index contributed by atoms with van der Waals surface area (Å²) in [6.45, 7) is 4.19. The Morgan fingerprint density at radius 3 is 2.86 bits per heavy atom. The molecule has 0 unspecified atom stereocenters. The molecule has 1 aromatic carbocycles. The predicted octanol–water partition coefficient (Wildman–Crippen LogP) is 2.39. The van der Waals surface area contributed by atoms with E-state index in [2.05, 4.69) is 25.7 Å². The molecule has 0 radical (unpaired) electrons. The lowest BCUT2D eigenvalue weighted by Gasteiger charge is -2.13. The average Bonchev–Trinajstić information content (AvgIpc) is 3.37. The fourth-order valence-electron chi connectivity index (χ4n) is 3.24. The SMILES string of the molecule is O=S(=O)(NC1=NCCS1)c1cc(Cl)c(NCCCCNC[C@H]2CCCN2)cc1F. The van der Waals surface area contributed by atoms with E-state index in [1.807, 2.05) is 0 Å². The molecule has 0 aromatic heterocycles. The lowest BCUT2D eigenvalue weighted by atomic mass is 10.2. The highest BCUT2D eigenvalue weighted by Gasteiger charge is 2.24. The zero-order valence-corrected chi connectivity index (χ0v) is 18.5. The highest BCUT2D eigenvalue weighted by molar-refractivity contribution is 8.15. The summed E-state index contributed by atoms with van der Waals surface area (Å²) in [6.07, 6.45) is 4.35. The minimum Gasteiger partial charge on any atom is -0.384 e. The molecule has 1 aromatic rings. The molecule has 3 rings (SSSR count). The van der Waals surface area contributed by atoms with Crippen molar-refractivity contribution in [3.63, 3.8) is 0 Å². The second kappa shape index (κ2) is 10.8. The molecule has 162 valence electrons. The summed E-state index contributed by atoms with van der Waals surface area (Å²) in [4.78, 5) is 3.54. The topological polar surface area (TPSA) is 94.6 Å². The van der Waals surface area contributed by atoms with E-state index < -0.39 is 20.7 Å². The van der Waals surface area contributed by atoms with Crippen molar-refractivity contribution in [1.29, 1.82) is 0 Å². The monoisotopic (exact) mass is 463 g/mol. The van der Waals surface area contributed by atoms with E-state index in [1.165, 1.54) is 24.6 Å². The first kappa shape index (κ1) is 22.6. The second-order valence-electron chi connectivity index (χ2n) is 7.03. The van der Waals surface area contributed by atoms with Crippen LogP contribution in [-0.2, 0) is 10.0 Å². The number of thioether (sulfide) groups is 1. The van der Waals surface area contributed by atoms with Crippen molar-refractivity contribution in [2.75, 3.05) is 43.8 Å². The molecular formula is C18H27ClFN5O2S2. The summed E-state index contributed by atoms with van der Waals surface area (Å²) in [6, 6.07) is 2.85. The molecule has 0 aliphatic carbocycles. The van der Waals surface area contributed by atoms with Gasteiger partial charge in [0.25, 0.3) is 10.0 Å². The van der Waals surface area contributed by atoms with E-state index in [0.29, 0.717) is 30.6 Å². The Balaban J connectivity index is 1.45. The first-order valence-electron chi connectivity index (χ1n) is 9.83. The predicted molar refractivity (Wildman–Crippen MR) is 118 cm³/mol. The first-order chi connectivity index (χ1) is 14.0. The Morgan fingerprint density at radius 1 is 1.31 bits per heavy atom. The van der Waals surface area contributed by atoms with Gasteiger partial charge in [0.1, 0.15) is 10.7 Å². The summed E-state index contributed by atoms with van der Waals surface area (Å²) in [5, 5.41) is 10.4. The molecule has 1 atom stereocenters. The lowest BCUT2D eigenvalue weighted by molar-refractivity contribution is 0.526. The van der Waals surface area contributed by atoms with Crippen molar-refractivity contribution >= 4 is 44.2 Å². The van der Waals surface area contributed by atoms with Gasteiger partial charge in [0.2, 0.25) is 0 Å². The third-order valence-electron chi connectivity index (χ3n) is 4.77. The second-order valence-corrected chi connectivity index (χ2v) is 10.2. The number of halogens is 2. The van der Waals surface area contributed by atoms with E-state index in [9.17, 15) is 12.8 Å². The molecule has 0 amide bonds. The van der Waals surface area contributed by atoms with Gasteiger partial charge in [-0.25, -0.2) is 12.8 Å². The highest BCUT2D eigenvalue weighted by atomic mass is 35.5.